The number of rotatable bonds is 3. The third-order valence-corrected chi connectivity index (χ3v) is 2.96. The number of carbonyl (C=O) groups is 1. The van der Waals surface area contributed by atoms with Gasteiger partial charge in [-0.25, -0.2) is 4.98 Å². The second-order valence-corrected chi connectivity index (χ2v) is 4.05. The van der Waals surface area contributed by atoms with E-state index >= 15 is 0 Å². The van der Waals surface area contributed by atoms with Crippen LogP contribution in [0.25, 0.3) is 10.4 Å². The van der Waals surface area contributed by atoms with Crippen molar-refractivity contribution in [3.8, 4) is 10.4 Å². The van der Waals surface area contributed by atoms with Gasteiger partial charge < -0.3 is 0 Å². The Morgan fingerprint density at radius 3 is 2.50 bits per heavy atom. The molecule has 0 saturated heterocycles. The third-order valence-electron chi connectivity index (χ3n) is 1.99. The van der Waals surface area contributed by atoms with Crippen molar-refractivity contribution >= 4 is 23.3 Å². The van der Waals surface area contributed by atoms with Crippen molar-refractivity contribution in [2.24, 2.45) is 0 Å². The van der Waals surface area contributed by atoms with E-state index in [2.05, 4.69) is 4.98 Å². The van der Waals surface area contributed by atoms with Crippen LogP contribution in [0.15, 0.2) is 30.5 Å². The van der Waals surface area contributed by atoms with Gasteiger partial charge in [0.05, 0.1) is 9.80 Å². The highest BCUT2D eigenvalue weighted by atomic mass is 32.1. The molecule has 1 aromatic heterocycles. The molecule has 6 heteroatoms. The van der Waals surface area contributed by atoms with Crippen LogP contribution < -0.4 is 0 Å². The fourth-order valence-electron chi connectivity index (χ4n) is 1.22. The Labute approximate surface area is 94.5 Å². The molecule has 0 aliphatic carbocycles. The summed E-state index contributed by atoms with van der Waals surface area (Å²) >= 11 is 1.25. The fraction of sp³-hybridized carbons (Fsp3) is 0. The summed E-state index contributed by atoms with van der Waals surface area (Å²) in [7, 11) is 0. The first-order valence-electron chi connectivity index (χ1n) is 4.36. The minimum Gasteiger partial charge on any atom is -0.295 e. The zero-order chi connectivity index (χ0) is 11.5. The van der Waals surface area contributed by atoms with E-state index in [9.17, 15) is 14.9 Å². The van der Waals surface area contributed by atoms with Crippen LogP contribution in [0.5, 0.6) is 0 Å². The smallest absolute Gasteiger partial charge is 0.269 e. The van der Waals surface area contributed by atoms with Crippen LogP contribution in [0.1, 0.15) is 9.80 Å². The number of aromatic nitrogens is 1. The second kappa shape index (κ2) is 4.19. The van der Waals surface area contributed by atoms with Gasteiger partial charge in [0.25, 0.3) is 5.69 Å². The Morgan fingerprint density at radius 2 is 2.00 bits per heavy atom. The molecule has 0 aliphatic heterocycles. The molecule has 0 saturated carbocycles. The number of benzene rings is 1. The van der Waals surface area contributed by atoms with Gasteiger partial charge in [0.1, 0.15) is 0 Å². The average molecular weight is 234 g/mol. The molecule has 0 amide bonds. The minimum absolute atomic E-state index is 0.0453. The number of aldehydes is 1. The van der Waals surface area contributed by atoms with Gasteiger partial charge in [-0.1, -0.05) is 0 Å². The van der Waals surface area contributed by atoms with Crippen molar-refractivity contribution in [2.75, 3.05) is 0 Å². The SMILES string of the molecule is O=Cc1ncc(-c2ccc([N+](=O)[O-])cc2)s1. The van der Waals surface area contributed by atoms with E-state index in [1.165, 1.54) is 23.5 Å². The summed E-state index contributed by atoms with van der Waals surface area (Å²) in [5, 5.41) is 10.8. The van der Waals surface area contributed by atoms with Gasteiger partial charge in [-0.3, -0.25) is 14.9 Å². The van der Waals surface area contributed by atoms with E-state index in [-0.39, 0.29) is 5.69 Å². The summed E-state index contributed by atoms with van der Waals surface area (Å²) in [6.07, 6.45) is 2.26. The van der Waals surface area contributed by atoms with Crippen LogP contribution in [-0.2, 0) is 0 Å². The molecule has 0 fully saturated rings. The van der Waals surface area contributed by atoms with Gasteiger partial charge in [0.2, 0.25) is 0 Å². The lowest BCUT2D eigenvalue weighted by Gasteiger charge is -1.95. The van der Waals surface area contributed by atoms with Crippen molar-refractivity contribution in [2.45, 2.75) is 0 Å². The molecule has 5 nitrogen and oxygen atoms in total. The molecule has 0 bridgehead atoms. The summed E-state index contributed by atoms with van der Waals surface area (Å²) in [6.45, 7) is 0. The molecule has 1 aromatic carbocycles. The van der Waals surface area contributed by atoms with Gasteiger partial charge in [0.15, 0.2) is 11.3 Å². The quantitative estimate of drug-likeness (QED) is 0.464. The van der Waals surface area contributed by atoms with Crippen LogP contribution in [0.4, 0.5) is 5.69 Å². The number of nitrogens with zero attached hydrogens (tertiary/aromatic N) is 2. The van der Waals surface area contributed by atoms with Crippen LogP contribution in [0.2, 0.25) is 0 Å². The molecule has 0 radical (unpaired) electrons. The number of nitro benzene ring substituents is 1. The Kier molecular flexibility index (Phi) is 2.74. The van der Waals surface area contributed by atoms with E-state index in [1.807, 2.05) is 0 Å². The van der Waals surface area contributed by atoms with E-state index in [4.69, 9.17) is 0 Å². The summed E-state index contributed by atoms with van der Waals surface area (Å²) < 4.78 is 0. The van der Waals surface area contributed by atoms with E-state index in [0.717, 1.165) is 10.4 Å². The topological polar surface area (TPSA) is 73.1 Å². The minimum atomic E-state index is -0.451. The first-order valence-corrected chi connectivity index (χ1v) is 5.18. The maximum atomic E-state index is 10.5. The lowest BCUT2D eigenvalue weighted by molar-refractivity contribution is -0.384. The van der Waals surface area contributed by atoms with Crippen molar-refractivity contribution in [3.05, 3.63) is 45.6 Å². The first kappa shape index (κ1) is 10.4. The molecule has 0 unspecified atom stereocenters. The van der Waals surface area contributed by atoms with Crippen LogP contribution in [0, 0.1) is 10.1 Å². The lowest BCUT2D eigenvalue weighted by Crippen LogP contribution is -1.86. The zero-order valence-electron chi connectivity index (χ0n) is 7.99. The number of thiazole rings is 1. The summed E-state index contributed by atoms with van der Waals surface area (Å²) in [4.78, 5) is 25.2. The number of nitro groups is 1. The van der Waals surface area contributed by atoms with Crippen molar-refractivity contribution in [1.29, 1.82) is 0 Å². The molecule has 80 valence electrons. The van der Waals surface area contributed by atoms with E-state index in [0.29, 0.717) is 11.3 Å². The Hall–Kier alpha value is -2.08. The largest absolute Gasteiger partial charge is 0.295 e. The van der Waals surface area contributed by atoms with Crippen LogP contribution >= 0.6 is 11.3 Å². The first-order chi connectivity index (χ1) is 7.70. The highest BCUT2D eigenvalue weighted by Crippen LogP contribution is 2.26. The zero-order valence-corrected chi connectivity index (χ0v) is 8.81. The van der Waals surface area contributed by atoms with E-state index in [1.54, 1.807) is 18.3 Å². The lowest BCUT2D eigenvalue weighted by atomic mass is 10.2. The molecule has 16 heavy (non-hydrogen) atoms. The monoisotopic (exact) mass is 234 g/mol. The van der Waals surface area contributed by atoms with Gasteiger partial charge in [-0.05, 0) is 17.7 Å². The highest BCUT2D eigenvalue weighted by molar-refractivity contribution is 7.16. The maximum Gasteiger partial charge on any atom is 0.269 e. The van der Waals surface area contributed by atoms with Gasteiger partial charge in [0, 0.05) is 18.3 Å². The molecule has 0 spiro atoms. The van der Waals surface area contributed by atoms with Crippen LogP contribution in [-0.4, -0.2) is 16.2 Å². The maximum absolute atomic E-state index is 10.5. The molecular weight excluding hydrogens is 228 g/mol. The number of carbonyl (C=O) groups excluding carboxylic acids is 1. The molecule has 0 N–H and O–H groups in total. The average Bonchev–Trinajstić information content (AvgIpc) is 2.77. The molecule has 0 aliphatic rings. The normalized spacial score (nSPS) is 10.0. The molecular formula is C10H6N2O3S. The second-order valence-electron chi connectivity index (χ2n) is 2.98. The Bertz CT molecular complexity index is 533. The van der Waals surface area contributed by atoms with Gasteiger partial charge in [-0.2, -0.15) is 0 Å². The molecule has 1 heterocycles. The Morgan fingerprint density at radius 1 is 1.31 bits per heavy atom. The molecule has 0 atom stereocenters. The number of hydrogen-bond donors (Lipinski definition) is 0. The summed E-state index contributed by atoms with van der Waals surface area (Å²) in [5.74, 6) is 0. The number of non-ortho nitro benzene ring substituents is 1. The predicted octanol–water partition coefficient (Wildman–Crippen LogP) is 2.53. The molecule has 2 aromatic rings. The fourth-order valence-corrected chi connectivity index (χ4v) is 1.96. The highest BCUT2D eigenvalue weighted by Gasteiger charge is 2.07. The van der Waals surface area contributed by atoms with Gasteiger partial charge in [-0.15, -0.1) is 11.3 Å². The Balaban J connectivity index is 2.34. The number of hydrogen-bond acceptors (Lipinski definition) is 5. The molecule has 2 rings (SSSR count). The van der Waals surface area contributed by atoms with Crippen LogP contribution in [0.3, 0.4) is 0 Å². The van der Waals surface area contributed by atoms with Gasteiger partial charge >= 0.3 is 0 Å². The van der Waals surface area contributed by atoms with Crippen molar-refractivity contribution < 1.29 is 9.72 Å². The summed E-state index contributed by atoms with van der Waals surface area (Å²) in [5.41, 5.74) is 0.861. The van der Waals surface area contributed by atoms with Crippen molar-refractivity contribution in [1.82, 2.24) is 4.98 Å². The predicted molar refractivity (Wildman–Crippen MR) is 59.6 cm³/mol. The summed E-state index contributed by atoms with van der Waals surface area (Å²) in [6, 6.07) is 6.13. The van der Waals surface area contributed by atoms with Crippen molar-refractivity contribution in [3.63, 3.8) is 0 Å². The van der Waals surface area contributed by atoms with E-state index < -0.39 is 4.92 Å². The standard InChI is InChI=1S/C10H6N2O3S/c13-6-10-11-5-9(16-10)7-1-3-8(4-2-7)12(14)15/h1-6H. The third kappa shape index (κ3) is 1.96.